The van der Waals surface area contributed by atoms with Gasteiger partial charge >= 0.3 is 5.97 Å². The molecule has 8 heteroatoms. The van der Waals surface area contributed by atoms with E-state index in [0.717, 1.165) is 22.3 Å². The number of rotatable bonds is 10. The van der Waals surface area contributed by atoms with E-state index in [1.54, 1.807) is 85.8 Å². The topological polar surface area (TPSA) is 104 Å². The van der Waals surface area contributed by atoms with Crippen molar-refractivity contribution in [3.05, 3.63) is 118 Å². The van der Waals surface area contributed by atoms with Crippen LogP contribution in [0, 0.1) is 6.92 Å². The first-order chi connectivity index (χ1) is 18.1. The fraction of sp³-hybridized carbons (Fsp3) is 0.167. The van der Waals surface area contributed by atoms with Gasteiger partial charge in [0.2, 0.25) is 9.84 Å². The third-order valence-corrected chi connectivity index (χ3v) is 8.33. The number of benzene rings is 4. The van der Waals surface area contributed by atoms with Crippen molar-refractivity contribution in [3.8, 4) is 11.1 Å². The van der Waals surface area contributed by atoms with Crippen LogP contribution in [-0.2, 0) is 16.3 Å². The molecule has 196 valence electrons. The third-order valence-electron chi connectivity index (χ3n) is 6.32. The maximum Gasteiger partial charge on any atom is 0.335 e. The molecule has 0 aliphatic carbocycles. The largest absolute Gasteiger partial charge is 0.478 e. The van der Waals surface area contributed by atoms with Crippen molar-refractivity contribution >= 4 is 27.4 Å². The van der Waals surface area contributed by atoms with Crippen molar-refractivity contribution in [1.29, 1.82) is 0 Å². The monoisotopic (exact) mass is 549 g/mol. The molecule has 38 heavy (non-hydrogen) atoms. The first-order valence-corrected chi connectivity index (χ1v) is 13.9. The highest BCUT2D eigenvalue weighted by atomic mass is 35.5. The van der Waals surface area contributed by atoms with Gasteiger partial charge in [0.15, 0.2) is 0 Å². The molecule has 1 unspecified atom stereocenters. The molecule has 4 aromatic rings. The lowest BCUT2D eigenvalue weighted by atomic mass is 9.98. The molecule has 0 fully saturated rings. The van der Waals surface area contributed by atoms with Gasteiger partial charge in [0, 0.05) is 11.6 Å². The Labute approximate surface area is 227 Å². The minimum atomic E-state index is -3.74. The van der Waals surface area contributed by atoms with Gasteiger partial charge in [-0.15, -0.1) is 0 Å². The van der Waals surface area contributed by atoms with E-state index < -0.39 is 21.9 Å². The molecule has 0 amide bonds. The van der Waals surface area contributed by atoms with Crippen molar-refractivity contribution in [1.82, 2.24) is 5.32 Å². The summed E-state index contributed by atoms with van der Waals surface area (Å²) >= 11 is 5.98. The summed E-state index contributed by atoms with van der Waals surface area (Å²) in [5.41, 5.74) is 4.12. The molecule has 3 N–H and O–H groups in total. The van der Waals surface area contributed by atoms with Crippen molar-refractivity contribution in [3.63, 3.8) is 0 Å². The number of halogens is 1. The lowest BCUT2D eigenvalue weighted by Gasteiger charge is -2.13. The van der Waals surface area contributed by atoms with Gasteiger partial charge in [-0.1, -0.05) is 54.1 Å². The summed E-state index contributed by atoms with van der Waals surface area (Å²) in [4.78, 5) is 11.6. The molecule has 0 aliphatic rings. The summed E-state index contributed by atoms with van der Waals surface area (Å²) in [6.07, 6.45) is -0.000154. The summed E-state index contributed by atoms with van der Waals surface area (Å²) in [5, 5.41) is 23.3. The Morgan fingerprint density at radius 3 is 2.34 bits per heavy atom. The minimum Gasteiger partial charge on any atom is -0.478 e. The van der Waals surface area contributed by atoms with E-state index in [-0.39, 0.29) is 15.4 Å². The summed E-state index contributed by atoms with van der Waals surface area (Å²) < 4.78 is 26.6. The fourth-order valence-electron chi connectivity index (χ4n) is 4.23. The summed E-state index contributed by atoms with van der Waals surface area (Å²) in [6.45, 7) is 2.79. The van der Waals surface area contributed by atoms with Crippen LogP contribution in [-0.4, -0.2) is 37.7 Å². The zero-order chi connectivity index (χ0) is 27.3. The van der Waals surface area contributed by atoms with Gasteiger partial charge in [-0.25, -0.2) is 13.2 Å². The van der Waals surface area contributed by atoms with Crippen LogP contribution in [0.5, 0.6) is 0 Å². The van der Waals surface area contributed by atoms with Crippen LogP contribution < -0.4 is 5.32 Å². The zero-order valence-electron chi connectivity index (χ0n) is 20.8. The van der Waals surface area contributed by atoms with Gasteiger partial charge in [0.1, 0.15) is 0 Å². The van der Waals surface area contributed by atoms with Crippen LogP contribution in [0.2, 0.25) is 5.02 Å². The SMILES string of the molecule is Cc1cc(C(=O)O)ccc1-c1cccc(S(=O)(=O)c2ccc(CCNCC(O)c3cccc(Cl)c3)cc2)c1. The Hall–Kier alpha value is -3.49. The van der Waals surface area contributed by atoms with Crippen LogP contribution in [0.1, 0.15) is 33.2 Å². The van der Waals surface area contributed by atoms with Crippen molar-refractivity contribution < 1.29 is 23.4 Å². The van der Waals surface area contributed by atoms with E-state index in [1.807, 2.05) is 6.07 Å². The Bertz CT molecular complexity index is 1550. The second kappa shape index (κ2) is 11.9. The highest BCUT2D eigenvalue weighted by molar-refractivity contribution is 7.91. The number of nitrogens with one attached hydrogen (secondary N) is 1. The second-order valence-electron chi connectivity index (χ2n) is 9.03. The van der Waals surface area contributed by atoms with Gasteiger partial charge in [0.25, 0.3) is 0 Å². The Kier molecular flexibility index (Phi) is 8.64. The number of hydrogen-bond donors (Lipinski definition) is 3. The van der Waals surface area contributed by atoms with E-state index in [2.05, 4.69) is 5.32 Å². The highest BCUT2D eigenvalue weighted by Crippen LogP contribution is 2.29. The van der Waals surface area contributed by atoms with Crippen LogP contribution in [0.25, 0.3) is 11.1 Å². The molecule has 0 aromatic heterocycles. The number of sulfone groups is 1. The molecule has 4 aromatic carbocycles. The predicted octanol–water partition coefficient (Wildman–Crippen LogP) is 5.71. The number of aliphatic hydroxyl groups is 1. The Morgan fingerprint density at radius 2 is 1.66 bits per heavy atom. The summed E-state index contributed by atoms with van der Waals surface area (Å²) in [7, 11) is -3.74. The Balaban J connectivity index is 1.41. The van der Waals surface area contributed by atoms with Gasteiger partial charge in [-0.3, -0.25) is 0 Å². The average molecular weight is 550 g/mol. The molecular weight excluding hydrogens is 522 g/mol. The standard InChI is InChI=1S/C30H28ClNO5S/c1-20-16-24(30(34)35)10-13-28(20)22-4-3-7-27(18-22)38(36,37)26-11-8-21(9-12-26)14-15-32-19-29(33)23-5-2-6-25(31)17-23/h2-13,16-18,29,32-33H,14-15,19H2,1H3,(H,34,35). The Morgan fingerprint density at radius 1 is 0.921 bits per heavy atom. The summed E-state index contributed by atoms with van der Waals surface area (Å²) in [6, 6.07) is 25.3. The van der Waals surface area contributed by atoms with E-state index in [1.165, 1.54) is 6.07 Å². The molecule has 4 rings (SSSR count). The summed E-state index contributed by atoms with van der Waals surface area (Å²) in [5.74, 6) is -1.01. The van der Waals surface area contributed by atoms with Crippen molar-refractivity contribution in [2.75, 3.05) is 13.1 Å². The molecule has 0 bridgehead atoms. The predicted molar refractivity (Wildman–Crippen MR) is 148 cm³/mol. The molecule has 0 heterocycles. The molecule has 0 aliphatic heterocycles. The first kappa shape index (κ1) is 27.5. The van der Waals surface area contributed by atoms with Crippen LogP contribution in [0.3, 0.4) is 0 Å². The molecule has 0 spiro atoms. The van der Waals surface area contributed by atoms with Gasteiger partial charge in [-0.2, -0.15) is 0 Å². The molecule has 1 atom stereocenters. The minimum absolute atomic E-state index is 0.168. The quantitative estimate of drug-likeness (QED) is 0.219. The second-order valence-corrected chi connectivity index (χ2v) is 11.4. The number of aliphatic hydroxyl groups excluding tert-OH is 1. The normalized spacial score (nSPS) is 12.3. The van der Waals surface area contributed by atoms with E-state index in [9.17, 15) is 23.4 Å². The van der Waals surface area contributed by atoms with Crippen LogP contribution in [0.4, 0.5) is 0 Å². The first-order valence-electron chi connectivity index (χ1n) is 12.1. The zero-order valence-corrected chi connectivity index (χ0v) is 22.3. The van der Waals surface area contributed by atoms with Crippen molar-refractivity contribution in [2.24, 2.45) is 0 Å². The number of carbonyl (C=O) groups is 1. The molecule has 0 saturated heterocycles. The number of aromatic carboxylic acids is 1. The average Bonchev–Trinajstić information content (AvgIpc) is 2.91. The number of carboxylic acids is 1. The maximum atomic E-state index is 13.3. The molecular formula is C30H28ClNO5S. The highest BCUT2D eigenvalue weighted by Gasteiger charge is 2.19. The van der Waals surface area contributed by atoms with Gasteiger partial charge in [0.05, 0.1) is 21.5 Å². The van der Waals surface area contributed by atoms with E-state index in [0.29, 0.717) is 30.1 Å². The maximum absolute atomic E-state index is 13.3. The van der Waals surface area contributed by atoms with Crippen LogP contribution in [0.15, 0.2) is 101 Å². The smallest absolute Gasteiger partial charge is 0.335 e. The lowest BCUT2D eigenvalue weighted by Crippen LogP contribution is -2.23. The van der Waals surface area contributed by atoms with Crippen molar-refractivity contribution in [2.45, 2.75) is 29.2 Å². The van der Waals surface area contributed by atoms with E-state index >= 15 is 0 Å². The fourth-order valence-corrected chi connectivity index (χ4v) is 5.73. The van der Waals surface area contributed by atoms with Gasteiger partial charge in [-0.05, 0) is 96.2 Å². The molecule has 0 saturated carbocycles. The molecule has 0 radical (unpaired) electrons. The van der Waals surface area contributed by atoms with Gasteiger partial charge < -0.3 is 15.5 Å². The number of hydrogen-bond acceptors (Lipinski definition) is 5. The van der Waals surface area contributed by atoms with E-state index in [4.69, 9.17) is 11.6 Å². The number of carboxylic acid groups (broad SMARTS) is 1. The number of aryl methyl sites for hydroxylation is 1. The molecule has 6 nitrogen and oxygen atoms in total. The van der Waals surface area contributed by atoms with Crippen LogP contribution >= 0.6 is 11.6 Å². The lowest BCUT2D eigenvalue weighted by molar-refractivity contribution is 0.0696. The third kappa shape index (κ3) is 6.49.